The molecule has 4 nitrogen and oxygen atoms in total. The van der Waals surface area contributed by atoms with Crippen molar-refractivity contribution >= 4 is 41.5 Å². The summed E-state index contributed by atoms with van der Waals surface area (Å²) in [6, 6.07) is 6.17. The summed E-state index contributed by atoms with van der Waals surface area (Å²) in [6.07, 6.45) is 17.9. The molecule has 0 radical (unpaired) electrons. The van der Waals surface area contributed by atoms with E-state index in [1.807, 2.05) is 0 Å². The van der Waals surface area contributed by atoms with Gasteiger partial charge in [-0.05, 0) is 18.6 Å². The van der Waals surface area contributed by atoms with Gasteiger partial charge in [0.1, 0.15) is 0 Å². The van der Waals surface area contributed by atoms with Crippen molar-refractivity contribution in [1.29, 1.82) is 0 Å². The van der Waals surface area contributed by atoms with Gasteiger partial charge in [0.05, 0.1) is 17.7 Å². The Labute approximate surface area is 199 Å². The average molecular weight is 415 g/mol. The summed E-state index contributed by atoms with van der Waals surface area (Å²) in [7, 11) is 0. The number of unbranched alkanes of at least 4 members (excludes halogenated alkanes) is 13. The normalized spacial score (nSPS) is 10.4. The van der Waals surface area contributed by atoms with Gasteiger partial charge < -0.3 is 9.84 Å². The van der Waals surface area contributed by atoms with Crippen LogP contribution in [0.2, 0.25) is 0 Å². The zero-order chi connectivity index (χ0) is 20.5. The van der Waals surface area contributed by atoms with Gasteiger partial charge in [0, 0.05) is 0 Å². The van der Waals surface area contributed by atoms with Crippen LogP contribution in [-0.2, 0) is 4.74 Å². The van der Waals surface area contributed by atoms with E-state index in [1.54, 1.807) is 12.1 Å². The summed E-state index contributed by atoms with van der Waals surface area (Å²) in [4.78, 5) is 23.1. The third-order valence-electron chi connectivity index (χ3n) is 5.11. The first-order valence-corrected chi connectivity index (χ1v) is 11.2. The Morgan fingerprint density at radius 3 is 1.59 bits per heavy atom. The Morgan fingerprint density at radius 2 is 1.14 bits per heavy atom. The van der Waals surface area contributed by atoms with Crippen LogP contribution in [0.1, 0.15) is 118 Å². The van der Waals surface area contributed by atoms with Crippen LogP contribution in [0.15, 0.2) is 24.3 Å². The number of carboxylic acids is 1. The van der Waals surface area contributed by atoms with Crippen LogP contribution < -0.4 is 0 Å². The summed E-state index contributed by atoms with van der Waals surface area (Å²) in [6.45, 7) is 2.61. The molecule has 1 rings (SSSR count). The summed E-state index contributed by atoms with van der Waals surface area (Å²) in [5.41, 5.74) is 0.119. The average Bonchev–Trinajstić information content (AvgIpc) is 2.70. The number of esters is 1. The third-order valence-corrected chi connectivity index (χ3v) is 5.11. The first-order valence-electron chi connectivity index (χ1n) is 11.2. The van der Waals surface area contributed by atoms with E-state index >= 15 is 0 Å². The predicted molar refractivity (Wildman–Crippen MR) is 121 cm³/mol. The van der Waals surface area contributed by atoms with E-state index in [9.17, 15) is 9.59 Å². The van der Waals surface area contributed by atoms with Crippen molar-refractivity contribution < 1.29 is 19.4 Å². The van der Waals surface area contributed by atoms with E-state index in [1.165, 1.54) is 89.2 Å². The molecule has 1 aromatic carbocycles. The minimum atomic E-state index is -1.11. The molecule has 29 heavy (non-hydrogen) atoms. The van der Waals surface area contributed by atoms with E-state index in [0.717, 1.165) is 12.8 Å². The van der Waals surface area contributed by atoms with Gasteiger partial charge in [-0.3, -0.25) is 0 Å². The Bertz CT molecular complexity index is 560. The molecule has 0 spiro atoms. The number of carbonyl (C=O) groups excluding carboxylic acids is 1. The van der Waals surface area contributed by atoms with Gasteiger partial charge in [-0.25, -0.2) is 9.59 Å². The topological polar surface area (TPSA) is 63.6 Å². The second kappa shape index (κ2) is 19.1. The number of carboxylic acid groups (broad SMARTS) is 1. The minimum absolute atomic E-state index is 0. The van der Waals surface area contributed by atoms with Gasteiger partial charge in [0.2, 0.25) is 0 Å². The number of aromatic carboxylic acids is 1. The summed E-state index contributed by atoms with van der Waals surface area (Å²) < 4.78 is 5.22. The first kappa shape index (κ1) is 28.2. The fourth-order valence-electron chi connectivity index (χ4n) is 3.39. The van der Waals surface area contributed by atoms with Crippen LogP contribution >= 0.6 is 0 Å². The molecule has 0 atom stereocenters. The molecular formula is C24H39NaO4. The van der Waals surface area contributed by atoms with Crippen LogP contribution in [0, 0.1) is 0 Å². The van der Waals surface area contributed by atoms with Crippen molar-refractivity contribution in [2.45, 2.75) is 96.8 Å². The maximum absolute atomic E-state index is 12.0. The molecule has 0 unspecified atom stereocenters. The molecule has 160 valence electrons. The van der Waals surface area contributed by atoms with Crippen molar-refractivity contribution in [2.24, 2.45) is 0 Å². The zero-order valence-corrected chi connectivity index (χ0v) is 17.6. The molecule has 0 aromatic heterocycles. The number of rotatable bonds is 17. The van der Waals surface area contributed by atoms with E-state index < -0.39 is 11.9 Å². The summed E-state index contributed by atoms with van der Waals surface area (Å²) in [5.74, 6) is -1.66. The Hall–Kier alpha value is -0.840. The Morgan fingerprint density at radius 1 is 0.724 bits per heavy atom. The van der Waals surface area contributed by atoms with Crippen LogP contribution in [-0.4, -0.2) is 53.2 Å². The molecule has 0 amide bonds. The number of ether oxygens (including phenoxy) is 1. The van der Waals surface area contributed by atoms with E-state index in [4.69, 9.17) is 9.84 Å². The molecule has 0 saturated carbocycles. The second-order valence-corrected chi connectivity index (χ2v) is 7.58. The molecule has 0 aliphatic rings. The quantitative estimate of drug-likeness (QED) is 0.183. The van der Waals surface area contributed by atoms with Gasteiger partial charge in [-0.15, -0.1) is 0 Å². The maximum atomic E-state index is 12.0. The molecule has 0 bridgehead atoms. The monoisotopic (exact) mass is 414 g/mol. The molecular weight excluding hydrogens is 375 g/mol. The van der Waals surface area contributed by atoms with Crippen LogP contribution in [0.25, 0.3) is 0 Å². The molecule has 1 aromatic rings. The van der Waals surface area contributed by atoms with Gasteiger partial charge >= 0.3 is 41.5 Å². The SMILES string of the molecule is CCCCCCCCCCCCCCCCOC(=O)c1ccccc1C(=O)O.[NaH]. The molecule has 0 aliphatic carbocycles. The Balaban J connectivity index is 0.00000784. The van der Waals surface area contributed by atoms with Gasteiger partial charge in [0.25, 0.3) is 0 Å². The molecule has 0 fully saturated rings. The van der Waals surface area contributed by atoms with E-state index in [0.29, 0.717) is 6.61 Å². The molecule has 0 aliphatic heterocycles. The molecule has 5 heteroatoms. The molecule has 0 saturated heterocycles. The van der Waals surface area contributed by atoms with Crippen molar-refractivity contribution in [2.75, 3.05) is 6.61 Å². The second-order valence-electron chi connectivity index (χ2n) is 7.58. The first-order chi connectivity index (χ1) is 13.7. The number of hydrogen-bond acceptors (Lipinski definition) is 3. The van der Waals surface area contributed by atoms with Crippen LogP contribution in [0.3, 0.4) is 0 Å². The van der Waals surface area contributed by atoms with Gasteiger partial charge in [-0.1, -0.05) is 103 Å². The van der Waals surface area contributed by atoms with E-state index in [2.05, 4.69) is 6.92 Å². The fourth-order valence-corrected chi connectivity index (χ4v) is 3.39. The van der Waals surface area contributed by atoms with Crippen molar-refractivity contribution in [3.8, 4) is 0 Å². The van der Waals surface area contributed by atoms with E-state index in [-0.39, 0.29) is 40.7 Å². The Kier molecular flexibility index (Phi) is 18.6. The van der Waals surface area contributed by atoms with Crippen molar-refractivity contribution in [3.05, 3.63) is 35.4 Å². The van der Waals surface area contributed by atoms with Crippen molar-refractivity contribution in [3.63, 3.8) is 0 Å². The molecule has 0 heterocycles. The fraction of sp³-hybridized carbons (Fsp3) is 0.667. The number of carbonyl (C=O) groups is 2. The van der Waals surface area contributed by atoms with Crippen LogP contribution in [0.5, 0.6) is 0 Å². The van der Waals surface area contributed by atoms with Crippen LogP contribution in [0.4, 0.5) is 0 Å². The van der Waals surface area contributed by atoms with Gasteiger partial charge in [-0.2, -0.15) is 0 Å². The summed E-state index contributed by atoms with van der Waals surface area (Å²) >= 11 is 0. The standard InChI is InChI=1S/C24H38O4.Na.H/c1-2-3-4-5-6-7-8-9-10-11-12-13-14-17-20-28-24(27)22-19-16-15-18-21(22)23(25)26;;/h15-16,18-19H,2-14,17,20H2,1H3,(H,25,26);;. The zero-order valence-electron chi connectivity index (χ0n) is 17.6. The van der Waals surface area contributed by atoms with Gasteiger partial charge in [0.15, 0.2) is 0 Å². The number of benzene rings is 1. The summed E-state index contributed by atoms with van der Waals surface area (Å²) in [5, 5.41) is 9.11. The molecule has 1 N–H and O–H groups in total. The predicted octanol–water partition coefficient (Wildman–Crippen LogP) is 6.37. The third kappa shape index (κ3) is 13.9. The van der Waals surface area contributed by atoms with Crippen molar-refractivity contribution in [1.82, 2.24) is 0 Å². The number of hydrogen-bond donors (Lipinski definition) is 1.